The van der Waals surface area contributed by atoms with Gasteiger partial charge in [0, 0.05) is 18.8 Å². The molecule has 0 aliphatic carbocycles. The first-order valence-electron chi connectivity index (χ1n) is 5.45. The second-order valence-electron chi connectivity index (χ2n) is 3.53. The third-order valence-corrected chi connectivity index (χ3v) is 3.82. The van der Waals surface area contributed by atoms with E-state index in [4.69, 9.17) is 27.9 Å². The van der Waals surface area contributed by atoms with E-state index in [1.54, 1.807) is 35.7 Å². The van der Waals surface area contributed by atoms with Crippen LogP contribution in [0.3, 0.4) is 0 Å². The van der Waals surface area contributed by atoms with Crippen molar-refractivity contribution in [2.75, 3.05) is 11.9 Å². The quantitative estimate of drug-likeness (QED) is 0.885. The summed E-state index contributed by atoms with van der Waals surface area (Å²) in [6.07, 6.45) is 1.81. The van der Waals surface area contributed by atoms with Crippen molar-refractivity contribution in [3.8, 4) is 5.75 Å². The molecule has 2 rings (SSSR count). The van der Waals surface area contributed by atoms with Gasteiger partial charge in [-0.05, 0) is 19.1 Å². The number of aromatic nitrogens is 1. The Bertz CT molecular complexity index is 531. The van der Waals surface area contributed by atoms with Gasteiger partial charge in [-0.15, -0.1) is 0 Å². The summed E-state index contributed by atoms with van der Waals surface area (Å²) in [6, 6.07) is 5.21. The maximum atomic E-state index is 5.91. The lowest BCUT2D eigenvalue weighted by atomic mass is 10.3. The van der Waals surface area contributed by atoms with Crippen LogP contribution >= 0.6 is 34.5 Å². The first kappa shape index (κ1) is 13.5. The predicted octanol–water partition coefficient (Wildman–Crippen LogP) is 4.46. The van der Waals surface area contributed by atoms with E-state index in [1.807, 2.05) is 6.92 Å². The highest BCUT2D eigenvalue weighted by atomic mass is 35.5. The molecule has 0 spiro atoms. The first-order valence-corrected chi connectivity index (χ1v) is 7.02. The van der Waals surface area contributed by atoms with Gasteiger partial charge < -0.3 is 10.1 Å². The Balaban J connectivity index is 1.95. The number of rotatable bonds is 5. The molecule has 0 radical (unpaired) electrons. The third-order valence-electron chi connectivity index (χ3n) is 2.15. The van der Waals surface area contributed by atoms with E-state index in [0.717, 1.165) is 16.6 Å². The topological polar surface area (TPSA) is 34.2 Å². The van der Waals surface area contributed by atoms with Crippen molar-refractivity contribution >= 4 is 39.7 Å². The Labute approximate surface area is 120 Å². The molecule has 96 valence electrons. The summed E-state index contributed by atoms with van der Waals surface area (Å²) in [4.78, 5) is 5.28. The maximum absolute atomic E-state index is 5.91. The second kappa shape index (κ2) is 6.27. The molecule has 0 aliphatic heterocycles. The number of nitrogens with zero attached hydrogens (tertiary/aromatic N) is 1. The lowest BCUT2D eigenvalue weighted by Crippen LogP contribution is -1.94. The highest BCUT2D eigenvalue weighted by molar-refractivity contribution is 7.15. The zero-order valence-corrected chi connectivity index (χ0v) is 12.1. The number of anilines is 1. The van der Waals surface area contributed by atoms with Gasteiger partial charge in [-0.3, -0.25) is 0 Å². The van der Waals surface area contributed by atoms with E-state index in [-0.39, 0.29) is 0 Å². The van der Waals surface area contributed by atoms with Crippen molar-refractivity contribution in [3.05, 3.63) is 39.3 Å². The van der Waals surface area contributed by atoms with Gasteiger partial charge >= 0.3 is 0 Å². The summed E-state index contributed by atoms with van der Waals surface area (Å²) in [6.45, 7) is 3.37. The molecule has 1 heterocycles. The smallest absolute Gasteiger partial charge is 0.182 e. The first-order chi connectivity index (χ1) is 8.69. The molecule has 6 heteroatoms. The van der Waals surface area contributed by atoms with Gasteiger partial charge in [0.15, 0.2) is 5.13 Å². The number of hydrogen-bond donors (Lipinski definition) is 1. The molecule has 0 amide bonds. The minimum absolute atomic E-state index is 0.473. The number of benzene rings is 1. The van der Waals surface area contributed by atoms with Crippen LogP contribution in [-0.4, -0.2) is 11.5 Å². The molecule has 18 heavy (non-hydrogen) atoms. The van der Waals surface area contributed by atoms with Crippen LogP contribution in [0.5, 0.6) is 5.75 Å². The standard InChI is InChI=1S/C12H12Cl2N2OS/c1-2-15-12-16-6-9(18-12)7-17-8-3-4-10(13)11(14)5-8/h3-6H,2,7H2,1H3,(H,15,16). The molecule has 0 saturated heterocycles. The number of nitrogens with one attached hydrogen (secondary N) is 1. The van der Waals surface area contributed by atoms with E-state index in [1.165, 1.54) is 0 Å². The van der Waals surface area contributed by atoms with Crippen molar-refractivity contribution in [3.63, 3.8) is 0 Å². The molecule has 0 aliphatic rings. The van der Waals surface area contributed by atoms with Crippen molar-refractivity contribution in [2.24, 2.45) is 0 Å². The average Bonchev–Trinajstić information content (AvgIpc) is 2.79. The molecule has 0 atom stereocenters. The number of thiazole rings is 1. The highest BCUT2D eigenvalue weighted by Crippen LogP contribution is 2.27. The van der Waals surface area contributed by atoms with Crippen LogP contribution in [0.4, 0.5) is 5.13 Å². The minimum atomic E-state index is 0.473. The monoisotopic (exact) mass is 302 g/mol. The van der Waals surface area contributed by atoms with E-state index < -0.39 is 0 Å². The second-order valence-corrected chi connectivity index (χ2v) is 5.46. The predicted molar refractivity (Wildman–Crippen MR) is 77.1 cm³/mol. The van der Waals surface area contributed by atoms with Gasteiger partial charge in [-0.1, -0.05) is 34.5 Å². The summed E-state index contributed by atoms with van der Waals surface area (Å²) in [5.41, 5.74) is 0. The minimum Gasteiger partial charge on any atom is -0.488 e. The number of hydrogen-bond acceptors (Lipinski definition) is 4. The van der Waals surface area contributed by atoms with Crippen molar-refractivity contribution < 1.29 is 4.74 Å². The van der Waals surface area contributed by atoms with Crippen LogP contribution in [-0.2, 0) is 6.61 Å². The zero-order valence-electron chi connectivity index (χ0n) is 9.74. The largest absolute Gasteiger partial charge is 0.488 e. The molecular formula is C12H12Cl2N2OS. The fraction of sp³-hybridized carbons (Fsp3) is 0.250. The van der Waals surface area contributed by atoms with Crippen LogP contribution in [0.25, 0.3) is 0 Å². The molecule has 0 fully saturated rings. The van der Waals surface area contributed by atoms with Gasteiger partial charge in [0.25, 0.3) is 0 Å². The van der Waals surface area contributed by atoms with Gasteiger partial charge in [0.05, 0.1) is 14.9 Å². The molecule has 0 saturated carbocycles. The molecule has 0 unspecified atom stereocenters. The maximum Gasteiger partial charge on any atom is 0.182 e. The van der Waals surface area contributed by atoms with Crippen LogP contribution in [0, 0.1) is 0 Å². The fourth-order valence-electron chi connectivity index (χ4n) is 1.33. The summed E-state index contributed by atoms with van der Waals surface area (Å²) < 4.78 is 5.62. The normalized spacial score (nSPS) is 10.4. The van der Waals surface area contributed by atoms with Crippen molar-refractivity contribution in [2.45, 2.75) is 13.5 Å². The van der Waals surface area contributed by atoms with E-state index >= 15 is 0 Å². The van der Waals surface area contributed by atoms with Gasteiger partial charge in [-0.2, -0.15) is 0 Å². The molecule has 0 bridgehead atoms. The van der Waals surface area contributed by atoms with Crippen molar-refractivity contribution in [1.82, 2.24) is 4.98 Å². The molecular weight excluding hydrogens is 291 g/mol. The van der Waals surface area contributed by atoms with Crippen LogP contribution < -0.4 is 10.1 Å². The number of ether oxygens (including phenoxy) is 1. The Morgan fingerprint density at radius 1 is 1.33 bits per heavy atom. The molecule has 1 aromatic carbocycles. The number of halogens is 2. The Kier molecular flexibility index (Phi) is 4.69. The van der Waals surface area contributed by atoms with Gasteiger partial charge in [0.1, 0.15) is 12.4 Å². The van der Waals surface area contributed by atoms with Gasteiger partial charge in [-0.25, -0.2) is 4.98 Å². The van der Waals surface area contributed by atoms with Crippen LogP contribution in [0.15, 0.2) is 24.4 Å². The third kappa shape index (κ3) is 3.51. The SMILES string of the molecule is CCNc1ncc(COc2ccc(Cl)c(Cl)c2)s1. The lowest BCUT2D eigenvalue weighted by molar-refractivity contribution is 0.309. The van der Waals surface area contributed by atoms with E-state index in [0.29, 0.717) is 22.4 Å². The Morgan fingerprint density at radius 3 is 2.89 bits per heavy atom. The molecule has 1 aromatic heterocycles. The summed E-state index contributed by atoms with van der Waals surface area (Å²) >= 11 is 13.3. The average molecular weight is 303 g/mol. The molecule has 2 aromatic rings. The van der Waals surface area contributed by atoms with Crippen LogP contribution in [0.2, 0.25) is 10.0 Å². The molecule has 3 nitrogen and oxygen atoms in total. The van der Waals surface area contributed by atoms with E-state index in [2.05, 4.69) is 10.3 Å². The van der Waals surface area contributed by atoms with E-state index in [9.17, 15) is 0 Å². The lowest BCUT2D eigenvalue weighted by Gasteiger charge is -2.05. The van der Waals surface area contributed by atoms with Crippen molar-refractivity contribution in [1.29, 1.82) is 0 Å². The summed E-state index contributed by atoms with van der Waals surface area (Å²) in [7, 11) is 0. The fourth-order valence-corrected chi connectivity index (χ4v) is 2.41. The van der Waals surface area contributed by atoms with Gasteiger partial charge in [0.2, 0.25) is 0 Å². The Hall–Kier alpha value is -0.970. The summed E-state index contributed by atoms with van der Waals surface area (Å²) in [5, 5.41) is 5.08. The zero-order chi connectivity index (χ0) is 13.0. The summed E-state index contributed by atoms with van der Waals surface area (Å²) in [5.74, 6) is 0.697. The highest BCUT2D eigenvalue weighted by Gasteiger charge is 2.04. The Morgan fingerprint density at radius 2 is 2.17 bits per heavy atom. The van der Waals surface area contributed by atoms with Crippen LogP contribution in [0.1, 0.15) is 11.8 Å². The molecule has 1 N–H and O–H groups in total.